The van der Waals surface area contributed by atoms with E-state index in [9.17, 15) is 8.78 Å². The fourth-order valence-electron chi connectivity index (χ4n) is 5.18. The molecule has 2 aliphatic carbocycles. The first-order valence-corrected chi connectivity index (χ1v) is 11.5. The molecule has 0 amide bonds. The SMILES string of the molecule is C=CCCC1CCC(C2CCC(c3ccc(C)c(F)c3F)CC2)CC1.[C-]#CCC.[HH].[HH].[Y]. The van der Waals surface area contributed by atoms with Gasteiger partial charge in [0.25, 0.3) is 0 Å². The van der Waals surface area contributed by atoms with Gasteiger partial charge in [-0.25, -0.2) is 8.78 Å². The molecule has 1 aromatic rings. The van der Waals surface area contributed by atoms with E-state index in [1.54, 1.807) is 13.0 Å². The van der Waals surface area contributed by atoms with Gasteiger partial charge in [-0.3, -0.25) is 0 Å². The number of rotatable bonds is 5. The predicted molar refractivity (Wildman–Crippen MR) is 122 cm³/mol. The molecule has 3 heteroatoms. The summed E-state index contributed by atoms with van der Waals surface area (Å²) in [5.74, 6) is 3.68. The van der Waals surface area contributed by atoms with Crippen LogP contribution in [0.4, 0.5) is 8.78 Å². The van der Waals surface area contributed by atoms with E-state index >= 15 is 0 Å². The molecule has 0 aromatic heterocycles. The van der Waals surface area contributed by atoms with Gasteiger partial charge in [0.1, 0.15) is 0 Å². The number of hydrogen-bond acceptors (Lipinski definition) is 0. The van der Waals surface area contributed by atoms with E-state index in [0.717, 1.165) is 43.4 Å². The van der Waals surface area contributed by atoms with Gasteiger partial charge in [0, 0.05) is 35.6 Å². The summed E-state index contributed by atoms with van der Waals surface area (Å²) in [6.45, 7) is 7.34. The summed E-state index contributed by atoms with van der Waals surface area (Å²) in [6, 6.07) is 3.54. The first kappa shape index (κ1) is 27.5. The molecule has 2 aliphatic rings. The third kappa shape index (κ3) is 7.87. The van der Waals surface area contributed by atoms with Gasteiger partial charge >= 0.3 is 0 Å². The second-order valence-electron chi connectivity index (χ2n) is 8.89. The smallest absolute Gasteiger partial charge is 0.162 e. The zero-order chi connectivity index (χ0) is 21.2. The van der Waals surface area contributed by atoms with Gasteiger partial charge < -0.3 is 12.3 Å². The Bertz CT molecular complexity index is 686. The van der Waals surface area contributed by atoms with E-state index in [2.05, 4.69) is 12.5 Å². The van der Waals surface area contributed by atoms with E-state index < -0.39 is 11.6 Å². The van der Waals surface area contributed by atoms with Gasteiger partial charge in [-0.15, -0.1) is 6.58 Å². The molecule has 30 heavy (non-hydrogen) atoms. The minimum Gasteiger partial charge on any atom is -0.694 e. The number of hydrogen-bond donors (Lipinski definition) is 0. The van der Waals surface area contributed by atoms with Crippen LogP contribution >= 0.6 is 0 Å². The molecule has 1 aromatic carbocycles. The van der Waals surface area contributed by atoms with E-state index in [1.165, 1.54) is 44.9 Å². The van der Waals surface area contributed by atoms with Crippen molar-refractivity contribution in [3.8, 4) is 5.92 Å². The number of benzene rings is 1. The number of halogens is 2. The monoisotopic (exact) mass is 492 g/mol. The molecule has 2 saturated carbocycles. The molecule has 0 aliphatic heterocycles. The van der Waals surface area contributed by atoms with Gasteiger partial charge in [0.2, 0.25) is 0 Å². The Kier molecular flexibility index (Phi) is 13.3. The van der Waals surface area contributed by atoms with Crippen molar-refractivity contribution < 1.29 is 44.3 Å². The molecular formula is C27H41F2Y-. The van der Waals surface area contributed by atoms with Crippen molar-refractivity contribution in [2.45, 2.75) is 90.4 Å². The largest absolute Gasteiger partial charge is 0.694 e. The van der Waals surface area contributed by atoms with Crippen molar-refractivity contribution >= 4 is 0 Å². The fourth-order valence-corrected chi connectivity index (χ4v) is 5.18. The minimum atomic E-state index is -0.655. The van der Waals surface area contributed by atoms with Crippen LogP contribution in [0.5, 0.6) is 0 Å². The van der Waals surface area contributed by atoms with E-state index in [1.807, 2.05) is 19.1 Å². The molecule has 0 saturated heterocycles. The molecule has 3 rings (SSSR count). The molecule has 0 unspecified atom stereocenters. The summed E-state index contributed by atoms with van der Waals surface area (Å²) in [6.07, 6.45) is 21.3. The van der Waals surface area contributed by atoms with Crippen LogP contribution in [0.2, 0.25) is 0 Å². The standard InChI is InChI=1S/C23H32F2.C4H5.Y.2H2/c1-3-4-5-17-7-9-18(10-8-17)19-11-13-20(14-12-19)21-15-6-16(2)22(24)23(21)25;1-3-4-2;;;/h3,6,15,17-20H,1,4-5,7-14H2,2H3;3H2,1H3;;2*1H/q;-1;;;. The number of allylic oxidation sites excluding steroid dienone is 1. The van der Waals surface area contributed by atoms with Crippen LogP contribution < -0.4 is 0 Å². The normalized spacial score (nSPS) is 25.8. The molecule has 1 radical (unpaired) electrons. The van der Waals surface area contributed by atoms with Gasteiger partial charge in [-0.1, -0.05) is 38.0 Å². The first-order chi connectivity index (χ1) is 14.0. The molecule has 0 spiro atoms. The minimum absolute atomic E-state index is 0. The Hall–Kier alpha value is -0.516. The van der Waals surface area contributed by atoms with E-state index in [4.69, 9.17) is 6.42 Å². The summed E-state index contributed by atoms with van der Waals surface area (Å²) in [7, 11) is 0. The van der Waals surface area contributed by atoms with Gasteiger partial charge in [0.15, 0.2) is 11.6 Å². The zero-order valence-electron chi connectivity index (χ0n) is 18.9. The van der Waals surface area contributed by atoms with E-state index in [-0.39, 0.29) is 41.5 Å². The summed E-state index contributed by atoms with van der Waals surface area (Å²) in [5.41, 5.74) is 1.01. The van der Waals surface area contributed by atoms with Crippen molar-refractivity contribution in [1.82, 2.24) is 0 Å². The number of aryl methyl sites for hydroxylation is 1. The average Bonchev–Trinajstić information content (AvgIpc) is 2.77. The maximum absolute atomic E-state index is 14.3. The van der Waals surface area contributed by atoms with Gasteiger partial charge in [0.05, 0.1) is 0 Å². The van der Waals surface area contributed by atoms with Crippen LogP contribution in [0.3, 0.4) is 0 Å². The van der Waals surface area contributed by atoms with Crippen LogP contribution in [-0.4, -0.2) is 0 Å². The molecule has 0 heterocycles. The topological polar surface area (TPSA) is 0 Å². The Balaban J connectivity index is 0. The predicted octanol–water partition coefficient (Wildman–Crippen LogP) is 8.80. The molecule has 0 bridgehead atoms. The molecule has 2 fully saturated rings. The quantitative estimate of drug-likeness (QED) is 0.219. The second kappa shape index (κ2) is 14.5. The maximum Gasteiger partial charge on any atom is 0.162 e. The molecule has 0 atom stereocenters. The summed E-state index contributed by atoms with van der Waals surface area (Å²) < 4.78 is 28.1. The summed E-state index contributed by atoms with van der Waals surface area (Å²) in [5, 5.41) is 0. The summed E-state index contributed by atoms with van der Waals surface area (Å²) >= 11 is 0. The Morgan fingerprint density at radius 1 is 1.03 bits per heavy atom. The van der Waals surface area contributed by atoms with Crippen LogP contribution in [0.1, 0.15) is 97.5 Å². The van der Waals surface area contributed by atoms with Crippen molar-refractivity contribution in [2.24, 2.45) is 17.8 Å². The van der Waals surface area contributed by atoms with Crippen LogP contribution in [-0.2, 0) is 32.7 Å². The third-order valence-electron chi connectivity index (χ3n) is 7.03. The molecule has 0 N–H and O–H groups in total. The van der Waals surface area contributed by atoms with Crippen molar-refractivity contribution in [1.29, 1.82) is 0 Å². The Morgan fingerprint density at radius 3 is 2.07 bits per heavy atom. The second-order valence-corrected chi connectivity index (χ2v) is 8.89. The Morgan fingerprint density at radius 2 is 1.57 bits per heavy atom. The molecule has 167 valence electrons. The van der Waals surface area contributed by atoms with E-state index in [0.29, 0.717) is 11.1 Å². The molecule has 0 nitrogen and oxygen atoms in total. The Labute approximate surface area is 211 Å². The van der Waals surface area contributed by atoms with Gasteiger partial charge in [-0.2, -0.15) is 0 Å². The van der Waals surface area contributed by atoms with Gasteiger partial charge in [-0.05, 0) is 99.5 Å². The van der Waals surface area contributed by atoms with Crippen molar-refractivity contribution in [2.75, 3.05) is 0 Å². The summed E-state index contributed by atoms with van der Waals surface area (Å²) in [4.78, 5) is 0. The first-order valence-electron chi connectivity index (χ1n) is 11.5. The van der Waals surface area contributed by atoms with Crippen LogP contribution in [0, 0.1) is 48.7 Å². The van der Waals surface area contributed by atoms with Crippen LogP contribution in [0.15, 0.2) is 24.8 Å². The maximum atomic E-state index is 14.3. The van der Waals surface area contributed by atoms with Crippen molar-refractivity contribution in [3.63, 3.8) is 0 Å². The fraction of sp³-hybridized carbons (Fsp3) is 0.630. The average molecular weight is 493 g/mol. The molecular weight excluding hydrogens is 451 g/mol. The van der Waals surface area contributed by atoms with Crippen molar-refractivity contribution in [3.05, 3.63) is 54.0 Å². The third-order valence-corrected chi connectivity index (χ3v) is 7.03. The zero-order valence-corrected chi connectivity index (χ0v) is 21.7. The van der Waals surface area contributed by atoms with Crippen LogP contribution in [0.25, 0.3) is 0 Å².